The summed E-state index contributed by atoms with van der Waals surface area (Å²) in [5.74, 6) is 0.0273. The Morgan fingerprint density at radius 1 is 1.10 bits per heavy atom. The molecular formula is C20H22F3N5O3. The molecule has 2 aliphatic heterocycles. The van der Waals surface area contributed by atoms with Gasteiger partial charge in [-0.1, -0.05) is 0 Å². The first-order valence-corrected chi connectivity index (χ1v) is 10.4. The van der Waals surface area contributed by atoms with Crippen molar-refractivity contribution in [2.45, 2.75) is 37.5 Å². The highest BCUT2D eigenvalue weighted by atomic mass is 19.4. The molecule has 0 bridgehead atoms. The Hall–Kier alpha value is -2.98. The summed E-state index contributed by atoms with van der Waals surface area (Å²) in [4.78, 5) is 28.4. The molecule has 2 fully saturated rings. The fraction of sp³-hybridized carbons (Fsp3) is 0.550. The van der Waals surface area contributed by atoms with Gasteiger partial charge in [0.2, 0.25) is 0 Å². The lowest BCUT2D eigenvalue weighted by molar-refractivity contribution is -0.174. The van der Waals surface area contributed by atoms with E-state index in [1.165, 1.54) is 17.2 Å². The minimum Gasteiger partial charge on any atom is -0.459 e. The van der Waals surface area contributed by atoms with Crippen LogP contribution in [0.1, 0.15) is 46.3 Å². The van der Waals surface area contributed by atoms with E-state index in [1.54, 1.807) is 17.0 Å². The van der Waals surface area contributed by atoms with Crippen molar-refractivity contribution in [1.82, 2.24) is 19.6 Å². The summed E-state index contributed by atoms with van der Waals surface area (Å²) in [6.07, 6.45) is -1.26. The van der Waals surface area contributed by atoms with Gasteiger partial charge >= 0.3 is 6.18 Å². The van der Waals surface area contributed by atoms with Crippen molar-refractivity contribution in [1.29, 1.82) is 0 Å². The molecule has 3 aliphatic rings. The third-order valence-corrected chi connectivity index (χ3v) is 6.22. The van der Waals surface area contributed by atoms with Gasteiger partial charge in [0.25, 0.3) is 11.8 Å². The van der Waals surface area contributed by atoms with Gasteiger partial charge in [-0.2, -0.15) is 18.3 Å². The fourth-order valence-electron chi connectivity index (χ4n) is 4.35. The number of rotatable bonds is 3. The third kappa shape index (κ3) is 3.77. The minimum atomic E-state index is -4.44. The van der Waals surface area contributed by atoms with E-state index in [9.17, 15) is 22.8 Å². The number of anilines is 1. The largest absolute Gasteiger partial charge is 0.459 e. The third-order valence-electron chi connectivity index (χ3n) is 6.22. The predicted octanol–water partition coefficient (Wildman–Crippen LogP) is 2.77. The molecule has 2 aromatic heterocycles. The number of carbonyl (C=O) groups excluding carboxylic acids is 2. The molecule has 1 N–H and O–H groups in total. The van der Waals surface area contributed by atoms with E-state index in [1.807, 2.05) is 0 Å². The van der Waals surface area contributed by atoms with Crippen LogP contribution in [0.25, 0.3) is 0 Å². The highest BCUT2D eigenvalue weighted by Crippen LogP contribution is 2.45. The molecule has 11 heteroatoms. The first kappa shape index (κ1) is 20.0. The number of fused-ring (bicyclic) bond motifs is 1. The van der Waals surface area contributed by atoms with Crippen LogP contribution in [0.4, 0.5) is 19.0 Å². The minimum absolute atomic E-state index is 0.0148. The number of hydrogen-bond donors (Lipinski definition) is 1. The van der Waals surface area contributed by atoms with Crippen LogP contribution in [0.5, 0.6) is 0 Å². The lowest BCUT2D eigenvalue weighted by Crippen LogP contribution is -2.50. The lowest BCUT2D eigenvalue weighted by Gasteiger charge is -2.34. The van der Waals surface area contributed by atoms with Gasteiger partial charge in [-0.25, -0.2) is 4.68 Å². The van der Waals surface area contributed by atoms with Gasteiger partial charge in [-0.15, -0.1) is 0 Å². The Morgan fingerprint density at radius 2 is 1.77 bits per heavy atom. The second kappa shape index (κ2) is 7.31. The molecule has 5 rings (SSSR count). The van der Waals surface area contributed by atoms with Crippen LogP contribution in [0.15, 0.2) is 28.9 Å². The number of piperazine rings is 1. The molecule has 166 valence electrons. The van der Waals surface area contributed by atoms with Gasteiger partial charge in [0.05, 0.1) is 6.26 Å². The van der Waals surface area contributed by atoms with Crippen LogP contribution in [-0.4, -0.2) is 69.8 Å². The van der Waals surface area contributed by atoms with Crippen molar-refractivity contribution in [3.05, 3.63) is 35.9 Å². The molecule has 1 aliphatic carbocycles. The zero-order valence-electron chi connectivity index (χ0n) is 16.6. The van der Waals surface area contributed by atoms with Crippen molar-refractivity contribution in [2.75, 3.05) is 31.5 Å². The maximum absolute atomic E-state index is 13.6. The number of furan rings is 1. The number of amides is 2. The van der Waals surface area contributed by atoms with Crippen LogP contribution in [-0.2, 0) is 0 Å². The lowest BCUT2D eigenvalue weighted by atomic mass is 10.0. The summed E-state index contributed by atoms with van der Waals surface area (Å²) >= 11 is 0. The molecule has 2 amide bonds. The van der Waals surface area contributed by atoms with Crippen molar-refractivity contribution >= 4 is 17.6 Å². The van der Waals surface area contributed by atoms with Gasteiger partial charge in [-0.05, 0) is 37.3 Å². The van der Waals surface area contributed by atoms with E-state index >= 15 is 0 Å². The number of halogens is 3. The molecule has 31 heavy (non-hydrogen) atoms. The fourth-order valence-corrected chi connectivity index (χ4v) is 4.35. The van der Waals surface area contributed by atoms with Crippen molar-refractivity contribution in [3.8, 4) is 0 Å². The molecule has 1 saturated heterocycles. The van der Waals surface area contributed by atoms with Gasteiger partial charge in [0.15, 0.2) is 17.5 Å². The van der Waals surface area contributed by atoms with Crippen LogP contribution < -0.4 is 5.32 Å². The number of aromatic nitrogens is 2. The van der Waals surface area contributed by atoms with E-state index in [4.69, 9.17) is 4.42 Å². The Balaban J connectivity index is 1.29. The maximum Gasteiger partial charge on any atom is 0.410 e. The van der Waals surface area contributed by atoms with E-state index in [-0.39, 0.29) is 54.6 Å². The summed E-state index contributed by atoms with van der Waals surface area (Å²) in [7, 11) is 0. The van der Waals surface area contributed by atoms with Crippen LogP contribution in [0.2, 0.25) is 0 Å². The molecule has 4 heterocycles. The SMILES string of the molecule is O=C(c1cc2n(n1)[C@H](C(F)(F)F)C[C@@H](C1CC1)N2)N1CCN(C(=O)c2ccco2)CC1. The van der Waals surface area contributed by atoms with Crippen molar-refractivity contribution in [2.24, 2.45) is 5.92 Å². The van der Waals surface area contributed by atoms with Crippen molar-refractivity contribution in [3.63, 3.8) is 0 Å². The van der Waals surface area contributed by atoms with Crippen molar-refractivity contribution < 1.29 is 27.2 Å². The van der Waals surface area contributed by atoms with Gasteiger partial charge < -0.3 is 19.5 Å². The molecule has 1 saturated carbocycles. The number of hydrogen-bond acceptors (Lipinski definition) is 5. The molecule has 0 radical (unpaired) electrons. The van der Waals surface area contributed by atoms with Crippen LogP contribution in [0, 0.1) is 5.92 Å². The summed E-state index contributed by atoms with van der Waals surface area (Å²) in [5, 5.41) is 7.17. The molecular weight excluding hydrogens is 415 g/mol. The average Bonchev–Trinajstić information content (AvgIpc) is 3.28. The standard InChI is InChI=1S/C20H22F3N5O3/c21-20(22,23)16-10-13(12-3-4-12)24-17-11-14(25-28(16)17)18(29)26-5-7-27(8-6-26)19(30)15-2-1-9-31-15/h1-2,9,11-13,16,24H,3-8,10H2/t13-,16-/m0/s1. The Labute approximate surface area is 176 Å². The first-order chi connectivity index (χ1) is 14.8. The normalized spacial score (nSPS) is 24.0. The summed E-state index contributed by atoms with van der Waals surface area (Å²) < 4.78 is 47.0. The number of nitrogens with one attached hydrogen (secondary N) is 1. The maximum atomic E-state index is 13.6. The first-order valence-electron chi connectivity index (χ1n) is 10.4. The number of alkyl halides is 3. The number of nitrogens with zero attached hydrogens (tertiary/aromatic N) is 4. The van der Waals surface area contributed by atoms with Crippen LogP contribution in [0.3, 0.4) is 0 Å². The zero-order valence-corrected chi connectivity index (χ0v) is 16.6. The smallest absolute Gasteiger partial charge is 0.410 e. The summed E-state index contributed by atoms with van der Waals surface area (Å²) in [6, 6.07) is 2.63. The molecule has 2 atom stereocenters. The van der Waals surface area contributed by atoms with Gasteiger partial charge in [0.1, 0.15) is 5.82 Å². The molecule has 0 unspecified atom stereocenters. The molecule has 2 aromatic rings. The monoisotopic (exact) mass is 437 g/mol. The summed E-state index contributed by atoms with van der Waals surface area (Å²) in [6.45, 7) is 1.17. The molecule has 0 aromatic carbocycles. The van der Waals surface area contributed by atoms with E-state index < -0.39 is 18.1 Å². The topological polar surface area (TPSA) is 83.6 Å². The predicted molar refractivity (Wildman–Crippen MR) is 103 cm³/mol. The summed E-state index contributed by atoms with van der Waals surface area (Å²) in [5.41, 5.74) is -0.0148. The molecule has 8 nitrogen and oxygen atoms in total. The van der Waals surface area contributed by atoms with E-state index in [0.29, 0.717) is 13.1 Å². The van der Waals surface area contributed by atoms with E-state index in [2.05, 4.69) is 10.4 Å². The quantitative estimate of drug-likeness (QED) is 0.799. The second-order valence-electron chi connectivity index (χ2n) is 8.30. The Bertz CT molecular complexity index is 975. The highest BCUT2D eigenvalue weighted by molar-refractivity contribution is 5.94. The Morgan fingerprint density at radius 3 is 2.35 bits per heavy atom. The zero-order chi connectivity index (χ0) is 21.8. The van der Waals surface area contributed by atoms with E-state index in [0.717, 1.165) is 17.5 Å². The average molecular weight is 437 g/mol. The highest BCUT2D eigenvalue weighted by Gasteiger charge is 2.49. The molecule has 0 spiro atoms. The second-order valence-corrected chi connectivity index (χ2v) is 8.30. The van der Waals surface area contributed by atoms with Gasteiger partial charge in [0, 0.05) is 38.3 Å². The van der Waals surface area contributed by atoms with Crippen LogP contribution >= 0.6 is 0 Å². The number of carbonyl (C=O) groups is 2. The Kier molecular flexibility index (Phi) is 4.71. The van der Waals surface area contributed by atoms with Gasteiger partial charge in [-0.3, -0.25) is 9.59 Å².